The number of esters is 1. The van der Waals surface area contributed by atoms with E-state index in [4.69, 9.17) is 0 Å². The molecule has 0 aromatic heterocycles. The minimum atomic E-state index is -5.69. The van der Waals surface area contributed by atoms with Gasteiger partial charge in [-0.3, -0.25) is 4.79 Å². The van der Waals surface area contributed by atoms with Crippen molar-refractivity contribution in [3.63, 3.8) is 0 Å². The van der Waals surface area contributed by atoms with Crippen LogP contribution in [0.15, 0.2) is 0 Å². The number of alkyl halides is 6. The Morgan fingerprint density at radius 3 is 1.90 bits per heavy atom. The third-order valence-corrected chi connectivity index (χ3v) is 3.72. The number of carbonyl (C=O) groups is 1. The second-order valence-corrected chi connectivity index (χ2v) is 5.34. The zero-order chi connectivity index (χ0) is 15.7. The predicted octanol–water partition coefficient (Wildman–Crippen LogP) is 4.10. The molecule has 3 atom stereocenters. The maximum atomic E-state index is 12.3. The molecular weight excluding hydrogens is 290 g/mol. The molecule has 8 heteroatoms. The third-order valence-electron chi connectivity index (χ3n) is 3.72. The van der Waals surface area contributed by atoms with Gasteiger partial charge >= 0.3 is 18.3 Å². The summed E-state index contributed by atoms with van der Waals surface area (Å²) in [5, 5.41) is 0. The van der Waals surface area contributed by atoms with Crippen LogP contribution >= 0.6 is 0 Å². The first-order chi connectivity index (χ1) is 8.93. The molecule has 1 fully saturated rings. The van der Waals surface area contributed by atoms with E-state index in [2.05, 4.69) is 4.74 Å². The second kappa shape index (κ2) is 5.81. The molecule has 0 aromatic carbocycles. The standard InChI is InChI=1S/C12H16F6O2/c1-6-3-4-8(5-7(6)2)20-10(19)9(11(13,14)15)12(16,17)18/h6-9H,3-5H2,1-2H3. The summed E-state index contributed by atoms with van der Waals surface area (Å²) in [6.07, 6.45) is -11.1. The van der Waals surface area contributed by atoms with Crippen molar-refractivity contribution in [1.29, 1.82) is 0 Å². The van der Waals surface area contributed by atoms with E-state index in [9.17, 15) is 31.1 Å². The van der Waals surface area contributed by atoms with Crippen molar-refractivity contribution in [1.82, 2.24) is 0 Å². The van der Waals surface area contributed by atoms with Crippen molar-refractivity contribution in [3.05, 3.63) is 0 Å². The normalized spacial score (nSPS) is 28.6. The van der Waals surface area contributed by atoms with Gasteiger partial charge in [0, 0.05) is 0 Å². The molecule has 1 saturated carbocycles. The van der Waals surface area contributed by atoms with Gasteiger partial charge in [0.15, 0.2) is 0 Å². The molecule has 0 saturated heterocycles. The Kier molecular flexibility index (Phi) is 4.97. The van der Waals surface area contributed by atoms with Crippen LogP contribution in [0, 0.1) is 17.8 Å². The summed E-state index contributed by atoms with van der Waals surface area (Å²) < 4.78 is 78.5. The Labute approximate surface area is 112 Å². The van der Waals surface area contributed by atoms with Crippen LogP contribution in [-0.4, -0.2) is 24.4 Å². The maximum Gasteiger partial charge on any atom is 0.411 e. The Hall–Kier alpha value is -0.950. The van der Waals surface area contributed by atoms with E-state index in [0.717, 1.165) is 0 Å². The molecular formula is C12H16F6O2. The smallest absolute Gasteiger partial charge is 0.411 e. The molecule has 0 spiro atoms. The topological polar surface area (TPSA) is 26.3 Å². The van der Waals surface area contributed by atoms with Crippen LogP contribution in [0.25, 0.3) is 0 Å². The molecule has 0 amide bonds. The van der Waals surface area contributed by atoms with Gasteiger partial charge in [-0.15, -0.1) is 0 Å². The van der Waals surface area contributed by atoms with Crippen LogP contribution in [-0.2, 0) is 9.53 Å². The van der Waals surface area contributed by atoms with Crippen LogP contribution in [0.5, 0.6) is 0 Å². The average Bonchev–Trinajstić information content (AvgIpc) is 2.18. The molecule has 0 N–H and O–H groups in total. The highest BCUT2D eigenvalue weighted by Gasteiger charge is 2.62. The second-order valence-electron chi connectivity index (χ2n) is 5.34. The predicted molar refractivity (Wildman–Crippen MR) is 57.7 cm³/mol. The summed E-state index contributed by atoms with van der Waals surface area (Å²) in [7, 11) is 0. The molecule has 118 valence electrons. The van der Waals surface area contributed by atoms with Gasteiger partial charge in [-0.05, 0) is 31.1 Å². The lowest BCUT2D eigenvalue weighted by molar-refractivity contribution is -0.283. The van der Waals surface area contributed by atoms with Crippen LogP contribution in [0.3, 0.4) is 0 Å². The third kappa shape index (κ3) is 4.28. The number of hydrogen-bond donors (Lipinski definition) is 0. The number of halogens is 6. The van der Waals surface area contributed by atoms with Gasteiger partial charge in [0.1, 0.15) is 6.10 Å². The molecule has 0 heterocycles. The highest BCUT2D eigenvalue weighted by atomic mass is 19.4. The van der Waals surface area contributed by atoms with Crippen molar-refractivity contribution in [2.45, 2.75) is 51.6 Å². The summed E-state index contributed by atoms with van der Waals surface area (Å²) in [6, 6.07) is 0. The first-order valence-electron chi connectivity index (χ1n) is 6.26. The molecule has 1 rings (SSSR count). The zero-order valence-electron chi connectivity index (χ0n) is 11.0. The molecule has 0 aromatic rings. The Bertz CT molecular complexity index is 335. The van der Waals surface area contributed by atoms with E-state index in [1.807, 2.05) is 13.8 Å². The number of carbonyl (C=O) groups excluding carboxylic acids is 1. The summed E-state index contributed by atoms with van der Waals surface area (Å²) in [5.74, 6) is -5.91. The summed E-state index contributed by atoms with van der Waals surface area (Å²) in [4.78, 5) is 11.2. The lowest BCUT2D eigenvalue weighted by Gasteiger charge is -2.32. The highest BCUT2D eigenvalue weighted by molar-refractivity contribution is 5.74. The largest absolute Gasteiger partial charge is 0.462 e. The van der Waals surface area contributed by atoms with Crippen molar-refractivity contribution in [2.75, 3.05) is 0 Å². The molecule has 1 aliphatic rings. The fourth-order valence-corrected chi connectivity index (χ4v) is 2.29. The zero-order valence-corrected chi connectivity index (χ0v) is 11.0. The van der Waals surface area contributed by atoms with Crippen LogP contribution in [0.1, 0.15) is 33.1 Å². The van der Waals surface area contributed by atoms with Crippen molar-refractivity contribution < 1.29 is 35.9 Å². The highest BCUT2D eigenvalue weighted by Crippen LogP contribution is 2.41. The van der Waals surface area contributed by atoms with Gasteiger partial charge in [-0.25, -0.2) is 0 Å². The van der Waals surface area contributed by atoms with Crippen LogP contribution in [0.4, 0.5) is 26.3 Å². The van der Waals surface area contributed by atoms with Gasteiger partial charge in [-0.2, -0.15) is 26.3 Å². The molecule has 3 unspecified atom stereocenters. The molecule has 0 aliphatic heterocycles. The van der Waals surface area contributed by atoms with Gasteiger partial charge in [0.2, 0.25) is 5.92 Å². The lowest BCUT2D eigenvalue weighted by Crippen LogP contribution is -2.45. The lowest BCUT2D eigenvalue weighted by atomic mass is 9.80. The monoisotopic (exact) mass is 306 g/mol. The van der Waals surface area contributed by atoms with E-state index >= 15 is 0 Å². The summed E-state index contributed by atoms with van der Waals surface area (Å²) in [6.45, 7) is 3.77. The average molecular weight is 306 g/mol. The molecule has 1 aliphatic carbocycles. The molecule has 20 heavy (non-hydrogen) atoms. The van der Waals surface area contributed by atoms with E-state index in [1.165, 1.54) is 0 Å². The summed E-state index contributed by atoms with van der Waals surface area (Å²) in [5.41, 5.74) is 0. The Morgan fingerprint density at radius 2 is 1.50 bits per heavy atom. The SMILES string of the molecule is CC1CCC(OC(=O)C(C(F)(F)F)C(F)(F)F)CC1C. The number of rotatable bonds is 2. The Balaban J connectivity index is 2.73. The van der Waals surface area contributed by atoms with Gasteiger partial charge < -0.3 is 4.74 Å². The van der Waals surface area contributed by atoms with Crippen molar-refractivity contribution in [3.8, 4) is 0 Å². The molecule has 0 radical (unpaired) electrons. The molecule has 2 nitrogen and oxygen atoms in total. The van der Waals surface area contributed by atoms with Crippen LogP contribution in [0.2, 0.25) is 0 Å². The first kappa shape index (κ1) is 17.1. The van der Waals surface area contributed by atoms with Gasteiger partial charge in [0.05, 0.1) is 0 Å². The van der Waals surface area contributed by atoms with Crippen molar-refractivity contribution in [2.24, 2.45) is 17.8 Å². The number of ether oxygens (including phenoxy) is 1. The molecule has 0 bridgehead atoms. The minimum Gasteiger partial charge on any atom is -0.462 e. The first-order valence-corrected chi connectivity index (χ1v) is 6.26. The Morgan fingerprint density at radius 1 is 1.00 bits per heavy atom. The fourth-order valence-electron chi connectivity index (χ4n) is 2.29. The van der Waals surface area contributed by atoms with E-state index in [-0.39, 0.29) is 12.3 Å². The van der Waals surface area contributed by atoms with Crippen molar-refractivity contribution >= 4 is 5.97 Å². The van der Waals surface area contributed by atoms with E-state index in [0.29, 0.717) is 18.8 Å². The fraction of sp³-hybridized carbons (Fsp3) is 0.917. The minimum absolute atomic E-state index is 0.0942. The van der Waals surface area contributed by atoms with Gasteiger partial charge in [0.25, 0.3) is 0 Å². The van der Waals surface area contributed by atoms with Gasteiger partial charge in [-0.1, -0.05) is 13.8 Å². The van der Waals surface area contributed by atoms with E-state index < -0.39 is 30.3 Å². The number of hydrogen-bond acceptors (Lipinski definition) is 2. The van der Waals surface area contributed by atoms with E-state index in [1.54, 1.807) is 0 Å². The maximum absolute atomic E-state index is 12.3. The van der Waals surface area contributed by atoms with Crippen LogP contribution < -0.4 is 0 Å². The quantitative estimate of drug-likeness (QED) is 0.567. The summed E-state index contributed by atoms with van der Waals surface area (Å²) >= 11 is 0.